The number of halogens is 1. The van der Waals surface area contributed by atoms with Crippen LogP contribution in [0.5, 0.6) is 11.5 Å². The molecule has 0 amide bonds. The molecule has 4 rings (SSSR count). The van der Waals surface area contributed by atoms with E-state index in [0.29, 0.717) is 23.1 Å². The zero-order chi connectivity index (χ0) is 14.2. The van der Waals surface area contributed by atoms with Crippen LogP contribution >= 0.6 is 11.6 Å². The summed E-state index contributed by atoms with van der Waals surface area (Å²) >= 11 is 6.25. The van der Waals surface area contributed by atoms with E-state index in [1.165, 1.54) is 0 Å². The maximum atomic E-state index is 6.25. The quantitative estimate of drug-likeness (QED) is 0.806. The van der Waals surface area contributed by atoms with Gasteiger partial charge >= 0.3 is 0 Å². The van der Waals surface area contributed by atoms with E-state index in [-0.39, 0.29) is 6.79 Å². The van der Waals surface area contributed by atoms with Crippen LogP contribution in [0.4, 0.5) is 5.69 Å². The number of pyridine rings is 1. The second-order valence-corrected chi connectivity index (χ2v) is 5.15. The highest BCUT2D eigenvalue weighted by molar-refractivity contribution is 6.33. The van der Waals surface area contributed by atoms with E-state index in [4.69, 9.17) is 21.1 Å². The highest BCUT2D eigenvalue weighted by atomic mass is 35.5. The van der Waals surface area contributed by atoms with Crippen LogP contribution in [0.1, 0.15) is 5.56 Å². The highest BCUT2D eigenvalue weighted by Gasteiger charge is 2.16. The summed E-state index contributed by atoms with van der Waals surface area (Å²) in [5, 5.41) is 8.23. The molecule has 2 aromatic heterocycles. The Labute approximate surface area is 126 Å². The highest BCUT2D eigenvalue weighted by Crippen LogP contribution is 2.39. The van der Waals surface area contributed by atoms with Gasteiger partial charge in [0.1, 0.15) is 0 Å². The van der Waals surface area contributed by atoms with Crippen molar-refractivity contribution in [2.75, 3.05) is 12.1 Å². The predicted octanol–water partition coefficient (Wildman–Crippen LogP) is 3.33. The number of rotatable bonds is 3. The molecule has 0 saturated heterocycles. The summed E-state index contributed by atoms with van der Waals surface area (Å²) in [6.45, 7) is 0.871. The Morgan fingerprint density at radius 3 is 3.00 bits per heavy atom. The van der Waals surface area contributed by atoms with Crippen LogP contribution in [0.3, 0.4) is 0 Å². The van der Waals surface area contributed by atoms with Crippen molar-refractivity contribution in [2.24, 2.45) is 0 Å². The third-order valence-electron chi connectivity index (χ3n) is 3.44. The third-order valence-corrected chi connectivity index (χ3v) is 3.75. The Bertz CT molecular complexity index is 816. The Kier molecular flexibility index (Phi) is 2.86. The number of hydrogen-bond acceptors (Lipinski definition) is 4. The van der Waals surface area contributed by atoms with Gasteiger partial charge in [-0.15, -0.1) is 0 Å². The standard InChI is InChI=1S/C15H12ClN3O2/c16-11-5-14-15(21-9-20-14)6-12(11)17-7-10-8-18-19-4-2-1-3-13(10)19/h1-6,8,17H,7,9H2. The van der Waals surface area contributed by atoms with Crippen molar-refractivity contribution in [3.05, 3.63) is 53.3 Å². The largest absolute Gasteiger partial charge is 0.454 e. The zero-order valence-electron chi connectivity index (χ0n) is 11.0. The van der Waals surface area contributed by atoms with Crippen LogP contribution in [-0.2, 0) is 6.54 Å². The first kappa shape index (κ1) is 12.3. The second kappa shape index (κ2) is 4.86. The molecule has 0 saturated carbocycles. The predicted molar refractivity (Wildman–Crippen MR) is 80.1 cm³/mol. The lowest BCUT2D eigenvalue weighted by molar-refractivity contribution is 0.174. The molecule has 0 unspecified atom stereocenters. The second-order valence-electron chi connectivity index (χ2n) is 4.74. The van der Waals surface area contributed by atoms with Crippen molar-refractivity contribution < 1.29 is 9.47 Å². The number of hydrogen-bond donors (Lipinski definition) is 1. The molecule has 0 spiro atoms. The van der Waals surface area contributed by atoms with Gasteiger partial charge in [-0.2, -0.15) is 5.10 Å². The fourth-order valence-electron chi connectivity index (χ4n) is 2.37. The summed E-state index contributed by atoms with van der Waals surface area (Å²) in [6, 6.07) is 9.60. The summed E-state index contributed by atoms with van der Waals surface area (Å²) in [5.41, 5.74) is 2.99. The molecule has 1 aliphatic heterocycles. The maximum absolute atomic E-state index is 6.25. The van der Waals surface area contributed by atoms with E-state index in [1.807, 2.05) is 41.2 Å². The summed E-state index contributed by atoms with van der Waals surface area (Å²) in [5.74, 6) is 1.39. The van der Waals surface area contributed by atoms with Gasteiger partial charge in [-0.1, -0.05) is 17.7 Å². The van der Waals surface area contributed by atoms with Gasteiger partial charge in [0.15, 0.2) is 11.5 Å². The van der Waals surface area contributed by atoms with Crippen LogP contribution < -0.4 is 14.8 Å². The van der Waals surface area contributed by atoms with Gasteiger partial charge in [-0.3, -0.25) is 0 Å². The van der Waals surface area contributed by atoms with Gasteiger partial charge in [-0.05, 0) is 12.1 Å². The summed E-state index contributed by atoms with van der Waals surface area (Å²) < 4.78 is 12.5. The molecule has 1 N–H and O–H groups in total. The number of anilines is 1. The SMILES string of the molecule is Clc1cc2c(cc1NCc1cnn3ccccc13)OCO2. The van der Waals surface area contributed by atoms with Crippen molar-refractivity contribution in [1.29, 1.82) is 0 Å². The van der Waals surface area contributed by atoms with Crippen LogP contribution in [0.25, 0.3) is 5.52 Å². The van der Waals surface area contributed by atoms with Gasteiger partial charge in [0.2, 0.25) is 6.79 Å². The Morgan fingerprint density at radius 2 is 2.10 bits per heavy atom. The van der Waals surface area contributed by atoms with Gasteiger partial charge in [-0.25, -0.2) is 4.52 Å². The van der Waals surface area contributed by atoms with E-state index in [2.05, 4.69) is 10.4 Å². The first-order valence-electron chi connectivity index (χ1n) is 6.55. The maximum Gasteiger partial charge on any atom is 0.231 e. The summed E-state index contributed by atoms with van der Waals surface area (Å²) in [4.78, 5) is 0. The summed E-state index contributed by atoms with van der Waals surface area (Å²) in [6.07, 6.45) is 3.77. The van der Waals surface area contributed by atoms with E-state index in [9.17, 15) is 0 Å². The number of fused-ring (bicyclic) bond motifs is 2. The average Bonchev–Trinajstić information content (AvgIpc) is 3.11. The van der Waals surface area contributed by atoms with Crippen molar-refractivity contribution in [3.63, 3.8) is 0 Å². The first-order valence-corrected chi connectivity index (χ1v) is 6.93. The zero-order valence-corrected chi connectivity index (χ0v) is 11.8. The molecule has 0 aliphatic carbocycles. The topological polar surface area (TPSA) is 47.8 Å². The minimum absolute atomic E-state index is 0.239. The van der Waals surface area contributed by atoms with E-state index in [0.717, 1.165) is 16.8 Å². The van der Waals surface area contributed by atoms with Crippen LogP contribution in [0.15, 0.2) is 42.7 Å². The smallest absolute Gasteiger partial charge is 0.231 e. The lowest BCUT2D eigenvalue weighted by atomic mass is 10.2. The van der Waals surface area contributed by atoms with Gasteiger partial charge in [0.05, 0.1) is 22.4 Å². The normalized spacial score (nSPS) is 12.8. The van der Waals surface area contributed by atoms with Gasteiger partial charge in [0.25, 0.3) is 0 Å². The third kappa shape index (κ3) is 2.15. The molecule has 106 valence electrons. The number of aromatic nitrogens is 2. The number of ether oxygens (including phenoxy) is 2. The molecule has 0 fully saturated rings. The fraction of sp³-hybridized carbons (Fsp3) is 0.133. The summed E-state index contributed by atoms with van der Waals surface area (Å²) in [7, 11) is 0. The van der Waals surface area contributed by atoms with Crippen molar-refractivity contribution in [3.8, 4) is 11.5 Å². The van der Waals surface area contributed by atoms with Crippen LogP contribution in [0.2, 0.25) is 5.02 Å². The number of nitrogens with zero attached hydrogens (tertiary/aromatic N) is 2. The molecule has 0 bridgehead atoms. The molecule has 0 atom stereocenters. The molecule has 3 aromatic rings. The Balaban J connectivity index is 1.60. The Hall–Kier alpha value is -2.40. The monoisotopic (exact) mass is 301 g/mol. The lowest BCUT2D eigenvalue weighted by Gasteiger charge is -2.09. The first-order chi connectivity index (χ1) is 10.3. The molecule has 1 aromatic carbocycles. The molecule has 3 heterocycles. The van der Waals surface area contributed by atoms with Crippen molar-refractivity contribution in [2.45, 2.75) is 6.54 Å². The molecule has 1 aliphatic rings. The number of benzene rings is 1. The lowest BCUT2D eigenvalue weighted by Crippen LogP contribution is -1.99. The van der Waals surface area contributed by atoms with Crippen molar-refractivity contribution in [1.82, 2.24) is 9.61 Å². The number of nitrogens with one attached hydrogen (secondary N) is 1. The Morgan fingerprint density at radius 1 is 1.24 bits per heavy atom. The van der Waals surface area contributed by atoms with E-state index in [1.54, 1.807) is 6.07 Å². The van der Waals surface area contributed by atoms with E-state index >= 15 is 0 Å². The molecular weight excluding hydrogens is 290 g/mol. The van der Waals surface area contributed by atoms with Gasteiger partial charge in [0, 0.05) is 30.4 Å². The fourth-order valence-corrected chi connectivity index (χ4v) is 2.59. The molecule has 21 heavy (non-hydrogen) atoms. The van der Waals surface area contributed by atoms with Gasteiger partial charge < -0.3 is 14.8 Å². The molecule has 0 radical (unpaired) electrons. The molecule has 6 heteroatoms. The minimum Gasteiger partial charge on any atom is -0.454 e. The molecule has 5 nitrogen and oxygen atoms in total. The molecular formula is C15H12ClN3O2. The average molecular weight is 302 g/mol. The van der Waals surface area contributed by atoms with Crippen LogP contribution in [0, 0.1) is 0 Å². The minimum atomic E-state index is 0.239. The van der Waals surface area contributed by atoms with E-state index < -0.39 is 0 Å². The van der Waals surface area contributed by atoms with Crippen LogP contribution in [-0.4, -0.2) is 16.4 Å². The van der Waals surface area contributed by atoms with Crippen molar-refractivity contribution >= 4 is 22.8 Å².